The fraction of sp³-hybridized carbons (Fsp3) is 0.0769. The number of halogens is 4. The zero-order chi connectivity index (χ0) is 14.0. The molecular formula is C13H10BrCl2FN2. The number of rotatable bonds is 3. The Kier molecular flexibility index (Phi) is 4.81. The Bertz CT molecular complexity index is 607. The van der Waals surface area contributed by atoms with Gasteiger partial charge in [-0.25, -0.2) is 9.82 Å². The number of nitrogens with one attached hydrogen (secondary N) is 1. The summed E-state index contributed by atoms with van der Waals surface area (Å²) in [7, 11) is 0. The van der Waals surface area contributed by atoms with E-state index in [0.717, 1.165) is 4.47 Å². The van der Waals surface area contributed by atoms with Crippen LogP contribution in [-0.4, -0.2) is 0 Å². The van der Waals surface area contributed by atoms with Crippen LogP contribution in [0.1, 0.15) is 17.2 Å². The zero-order valence-corrected chi connectivity index (χ0v) is 12.7. The fourth-order valence-corrected chi connectivity index (χ4v) is 2.60. The van der Waals surface area contributed by atoms with Crippen molar-refractivity contribution in [2.45, 2.75) is 6.04 Å². The number of hydrogen-bond donors (Lipinski definition) is 2. The maximum atomic E-state index is 14.0. The molecule has 2 rings (SSSR count). The van der Waals surface area contributed by atoms with Crippen molar-refractivity contribution in [3.05, 3.63) is 67.9 Å². The molecule has 19 heavy (non-hydrogen) atoms. The third-order valence-electron chi connectivity index (χ3n) is 2.73. The van der Waals surface area contributed by atoms with Crippen LogP contribution >= 0.6 is 39.1 Å². The van der Waals surface area contributed by atoms with Crippen molar-refractivity contribution in [1.29, 1.82) is 0 Å². The van der Waals surface area contributed by atoms with Gasteiger partial charge in [-0.1, -0.05) is 41.4 Å². The second-order valence-corrected chi connectivity index (χ2v) is 5.58. The van der Waals surface area contributed by atoms with E-state index in [1.165, 1.54) is 6.07 Å². The number of nitrogens with two attached hydrogens (primary N) is 1. The first kappa shape index (κ1) is 14.8. The minimum Gasteiger partial charge on any atom is -0.271 e. The summed E-state index contributed by atoms with van der Waals surface area (Å²) in [6.45, 7) is 0. The molecule has 0 saturated heterocycles. The van der Waals surface area contributed by atoms with E-state index < -0.39 is 11.9 Å². The molecule has 6 heteroatoms. The van der Waals surface area contributed by atoms with Gasteiger partial charge in [0.15, 0.2) is 0 Å². The van der Waals surface area contributed by atoms with Crippen molar-refractivity contribution in [3.8, 4) is 0 Å². The predicted octanol–water partition coefficient (Wildman–Crippen LogP) is 4.45. The Morgan fingerprint density at radius 2 is 1.89 bits per heavy atom. The van der Waals surface area contributed by atoms with E-state index in [2.05, 4.69) is 21.4 Å². The topological polar surface area (TPSA) is 38.0 Å². The van der Waals surface area contributed by atoms with Gasteiger partial charge in [-0.2, -0.15) is 0 Å². The summed E-state index contributed by atoms with van der Waals surface area (Å²) < 4.78 is 14.7. The summed E-state index contributed by atoms with van der Waals surface area (Å²) in [5.41, 5.74) is 3.64. The summed E-state index contributed by atoms with van der Waals surface area (Å²) in [5.74, 6) is 5.10. The molecule has 0 amide bonds. The zero-order valence-electron chi connectivity index (χ0n) is 9.63. The van der Waals surface area contributed by atoms with Crippen molar-refractivity contribution in [2.75, 3.05) is 0 Å². The van der Waals surface area contributed by atoms with Crippen LogP contribution in [0, 0.1) is 5.82 Å². The highest BCUT2D eigenvalue weighted by molar-refractivity contribution is 9.10. The van der Waals surface area contributed by atoms with Crippen LogP contribution in [0.15, 0.2) is 40.9 Å². The summed E-state index contributed by atoms with van der Waals surface area (Å²) in [4.78, 5) is 0. The van der Waals surface area contributed by atoms with Crippen LogP contribution < -0.4 is 11.3 Å². The normalized spacial score (nSPS) is 12.5. The van der Waals surface area contributed by atoms with Gasteiger partial charge in [0.1, 0.15) is 5.82 Å². The lowest BCUT2D eigenvalue weighted by atomic mass is 9.99. The second kappa shape index (κ2) is 6.20. The lowest BCUT2D eigenvalue weighted by Gasteiger charge is -2.19. The number of benzene rings is 2. The SMILES string of the molecule is NNC(c1ccc(Cl)cc1F)c1cccc(Br)c1Cl. The lowest BCUT2D eigenvalue weighted by molar-refractivity contribution is 0.560. The van der Waals surface area contributed by atoms with Gasteiger partial charge < -0.3 is 0 Å². The Balaban J connectivity index is 2.53. The number of hydrazine groups is 1. The summed E-state index contributed by atoms with van der Waals surface area (Å²) >= 11 is 15.3. The highest BCUT2D eigenvalue weighted by Gasteiger charge is 2.20. The first-order valence-corrected chi connectivity index (χ1v) is 6.94. The summed E-state index contributed by atoms with van der Waals surface area (Å²) in [6.07, 6.45) is 0. The van der Waals surface area contributed by atoms with Crippen molar-refractivity contribution < 1.29 is 4.39 Å². The maximum absolute atomic E-state index is 14.0. The van der Waals surface area contributed by atoms with Gasteiger partial charge in [0.05, 0.1) is 11.1 Å². The molecular weight excluding hydrogens is 354 g/mol. The second-order valence-electron chi connectivity index (χ2n) is 3.91. The van der Waals surface area contributed by atoms with Crippen molar-refractivity contribution in [3.63, 3.8) is 0 Å². The molecule has 0 bridgehead atoms. The predicted molar refractivity (Wildman–Crippen MR) is 79.7 cm³/mol. The van der Waals surface area contributed by atoms with Crippen molar-refractivity contribution >= 4 is 39.1 Å². The average molecular weight is 364 g/mol. The number of hydrogen-bond acceptors (Lipinski definition) is 2. The summed E-state index contributed by atoms with van der Waals surface area (Å²) in [5, 5.41) is 0.817. The fourth-order valence-electron chi connectivity index (χ4n) is 1.83. The lowest BCUT2D eigenvalue weighted by Crippen LogP contribution is -2.29. The first-order chi connectivity index (χ1) is 9.04. The van der Waals surface area contributed by atoms with Crippen LogP contribution in [0.5, 0.6) is 0 Å². The molecule has 0 aromatic heterocycles. The molecule has 0 saturated carbocycles. The molecule has 0 radical (unpaired) electrons. The summed E-state index contributed by atoms with van der Waals surface area (Å²) in [6, 6.07) is 9.28. The molecule has 0 heterocycles. The standard InChI is InChI=1S/C13H10BrCl2FN2/c14-10-3-1-2-9(12(10)16)13(19-18)8-5-4-7(15)6-11(8)17/h1-6,13,19H,18H2. The van der Waals surface area contributed by atoms with Gasteiger partial charge in [0, 0.05) is 15.1 Å². The van der Waals surface area contributed by atoms with E-state index in [4.69, 9.17) is 29.0 Å². The molecule has 2 aromatic rings. The van der Waals surface area contributed by atoms with Crippen LogP contribution in [0.2, 0.25) is 10.0 Å². The van der Waals surface area contributed by atoms with Gasteiger partial charge in [-0.05, 0) is 39.7 Å². The molecule has 2 nitrogen and oxygen atoms in total. The molecule has 0 aliphatic rings. The molecule has 0 spiro atoms. The van der Waals surface area contributed by atoms with E-state index >= 15 is 0 Å². The molecule has 2 aromatic carbocycles. The van der Waals surface area contributed by atoms with E-state index in [1.807, 2.05) is 6.07 Å². The van der Waals surface area contributed by atoms with Crippen molar-refractivity contribution in [2.24, 2.45) is 5.84 Å². The first-order valence-electron chi connectivity index (χ1n) is 5.39. The quantitative estimate of drug-likeness (QED) is 0.624. The molecule has 0 fully saturated rings. The van der Waals surface area contributed by atoms with Crippen LogP contribution in [-0.2, 0) is 0 Å². The van der Waals surface area contributed by atoms with E-state index in [9.17, 15) is 4.39 Å². The molecule has 0 aliphatic carbocycles. The Morgan fingerprint density at radius 1 is 1.16 bits per heavy atom. The maximum Gasteiger partial charge on any atom is 0.129 e. The van der Waals surface area contributed by atoms with Gasteiger partial charge in [0.2, 0.25) is 0 Å². The van der Waals surface area contributed by atoms with Crippen LogP contribution in [0.25, 0.3) is 0 Å². The van der Waals surface area contributed by atoms with E-state index in [0.29, 0.717) is 21.2 Å². The third kappa shape index (κ3) is 3.09. The highest BCUT2D eigenvalue weighted by atomic mass is 79.9. The largest absolute Gasteiger partial charge is 0.271 e. The van der Waals surface area contributed by atoms with Gasteiger partial charge in [0.25, 0.3) is 0 Å². The van der Waals surface area contributed by atoms with Crippen LogP contribution in [0.3, 0.4) is 0 Å². The molecule has 1 unspecified atom stereocenters. The van der Waals surface area contributed by atoms with E-state index in [-0.39, 0.29) is 0 Å². The van der Waals surface area contributed by atoms with Gasteiger partial charge >= 0.3 is 0 Å². The van der Waals surface area contributed by atoms with E-state index in [1.54, 1.807) is 24.3 Å². The Labute approximate surface area is 128 Å². The Morgan fingerprint density at radius 3 is 2.53 bits per heavy atom. The Hall–Kier alpha value is -0.650. The van der Waals surface area contributed by atoms with Gasteiger partial charge in [-0.15, -0.1) is 0 Å². The molecule has 3 N–H and O–H groups in total. The van der Waals surface area contributed by atoms with Gasteiger partial charge in [-0.3, -0.25) is 5.84 Å². The molecule has 1 atom stereocenters. The monoisotopic (exact) mass is 362 g/mol. The molecule has 100 valence electrons. The average Bonchev–Trinajstić information content (AvgIpc) is 2.37. The third-order valence-corrected chi connectivity index (χ3v) is 4.28. The minimum atomic E-state index is -0.553. The van der Waals surface area contributed by atoms with Crippen molar-refractivity contribution in [1.82, 2.24) is 5.43 Å². The smallest absolute Gasteiger partial charge is 0.129 e. The highest BCUT2D eigenvalue weighted by Crippen LogP contribution is 2.34. The minimum absolute atomic E-state index is 0.331. The molecule has 0 aliphatic heterocycles. The van der Waals surface area contributed by atoms with Crippen LogP contribution in [0.4, 0.5) is 4.39 Å².